The summed E-state index contributed by atoms with van der Waals surface area (Å²) in [5.74, 6) is -1.22. The molecule has 5 nitrogen and oxygen atoms in total. The van der Waals surface area contributed by atoms with Crippen LogP contribution in [0.5, 0.6) is 0 Å². The highest BCUT2D eigenvalue weighted by atomic mass is 32.1. The van der Waals surface area contributed by atoms with Gasteiger partial charge in [0, 0.05) is 38.3 Å². The average molecular weight is 389 g/mol. The van der Waals surface area contributed by atoms with Gasteiger partial charge in [0.25, 0.3) is 0 Å². The first-order valence-corrected chi connectivity index (χ1v) is 9.02. The molecular formula is C19H21F2N5S. The van der Waals surface area contributed by atoms with E-state index in [1.165, 1.54) is 23.9 Å². The highest BCUT2D eigenvalue weighted by Crippen LogP contribution is 2.26. The maximum atomic E-state index is 14.5. The van der Waals surface area contributed by atoms with Crippen LogP contribution in [-0.4, -0.2) is 42.4 Å². The van der Waals surface area contributed by atoms with E-state index in [9.17, 15) is 8.78 Å². The molecule has 3 rings (SSSR count). The van der Waals surface area contributed by atoms with Crippen molar-refractivity contribution in [1.29, 1.82) is 0 Å². The zero-order chi connectivity index (χ0) is 19.2. The predicted molar refractivity (Wildman–Crippen MR) is 108 cm³/mol. The highest BCUT2D eigenvalue weighted by molar-refractivity contribution is 7.80. The van der Waals surface area contributed by atoms with Crippen molar-refractivity contribution in [2.24, 2.45) is 10.8 Å². The summed E-state index contributed by atoms with van der Waals surface area (Å²) in [6.07, 6.45) is 1.27. The molecule has 1 aliphatic heterocycles. The third-order valence-corrected chi connectivity index (χ3v) is 4.46. The zero-order valence-corrected chi connectivity index (χ0v) is 15.6. The monoisotopic (exact) mass is 389 g/mol. The quantitative estimate of drug-likeness (QED) is 0.467. The molecule has 142 valence electrons. The van der Waals surface area contributed by atoms with E-state index in [0.717, 1.165) is 19.6 Å². The van der Waals surface area contributed by atoms with Gasteiger partial charge in [-0.05, 0) is 29.9 Å². The summed E-state index contributed by atoms with van der Waals surface area (Å²) in [5.41, 5.74) is 9.13. The Morgan fingerprint density at radius 1 is 1.11 bits per heavy atom. The van der Waals surface area contributed by atoms with E-state index in [1.54, 1.807) is 4.90 Å². The van der Waals surface area contributed by atoms with Gasteiger partial charge in [0.1, 0.15) is 17.3 Å². The smallest absolute Gasteiger partial charge is 0.184 e. The summed E-state index contributed by atoms with van der Waals surface area (Å²) in [5, 5.41) is 3.70. The Labute approximate surface area is 162 Å². The Hall–Kier alpha value is -2.58. The van der Waals surface area contributed by atoms with E-state index in [0.29, 0.717) is 18.7 Å². The van der Waals surface area contributed by atoms with Gasteiger partial charge in [-0.3, -0.25) is 10.3 Å². The number of thiocarbonyl (C=S) groups is 1. The minimum absolute atomic E-state index is 0.00816. The molecule has 3 N–H and O–H groups in total. The Morgan fingerprint density at radius 3 is 2.33 bits per heavy atom. The number of rotatable bonds is 5. The molecule has 1 aliphatic rings. The largest absolute Gasteiger partial charge is 0.375 e. The van der Waals surface area contributed by atoms with Crippen LogP contribution in [0.3, 0.4) is 0 Å². The Bertz CT molecular complexity index is 797. The van der Waals surface area contributed by atoms with Gasteiger partial charge < -0.3 is 10.6 Å². The molecule has 1 heterocycles. The van der Waals surface area contributed by atoms with Crippen molar-refractivity contribution in [2.75, 3.05) is 31.1 Å². The molecule has 0 amide bonds. The number of piperazine rings is 1. The molecule has 0 bridgehead atoms. The highest BCUT2D eigenvalue weighted by Gasteiger charge is 2.23. The second-order valence-corrected chi connectivity index (χ2v) is 6.76. The van der Waals surface area contributed by atoms with Crippen LogP contribution in [0.2, 0.25) is 0 Å². The number of nitrogens with one attached hydrogen (secondary N) is 1. The molecule has 2 aromatic carbocycles. The number of anilines is 1. The topological polar surface area (TPSA) is 56.9 Å². The van der Waals surface area contributed by atoms with Gasteiger partial charge in [0.05, 0.1) is 6.21 Å². The number of nitrogens with two attached hydrogens (primary N) is 1. The lowest BCUT2D eigenvalue weighted by Crippen LogP contribution is -2.46. The van der Waals surface area contributed by atoms with Crippen LogP contribution in [0.4, 0.5) is 14.5 Å². The maximum Gasteiger partial charge on any atom is 0.184 e. The van der Waals surface area contributed by atoms with Crippen LogP contribution < -0.4 is 16.1 Å². The van der Waals surface area contributed by atoms with E-state index < -0.39 is 11.6 Å². The van der Waals surface area contributed by atoms with Gasteiger partial charge in [-0.25, -0.2) is 8.78 Å². The van der Waals surface area contributed by atoms with Crippen molar-refractivity contribution in [3.8, 4) is 0 Å². The number of hydrogen-bond donors (Lipinski definition) is 2. The molecule has 0 radical (unpaired) electrons. The molecule has 0 atom stereocenters. The van der Waals surface area contributed by atoms with E-state index in [2.05, 4.69) is 39.8 Å². The predicted octanol–water partition coefficient (Wildman–Crippen LogP) is 2.45. The van der Waals surface area contributed by atoms with E-state index in [-0.39, 0.29) is 10.8 Å². The van der Waals surface area contributed by atoms with Gasteiger partial charge >= 0.3 is 0 Å². The van der Waals surface area contributed by atoms with Crippen LogP contribution in [0, 0.1) is 11.6 Å². The normalized spacial score (nSPS) is 15.3. The second-order valence-electron chi connectivity index (χ2n) is 6.32. The minimum atomic E-state index is -0.608. The Balaban J connectivity index is 1.63. The van der Waals surface area contributed by atoms with E-state index in [4.69, 9.17) is 5.73 Å². The van der Waals surface area contributed by atoms with Crippen LogP contribution >= 0.6 is 12.2 Å². The zero-order valence-electron chi connectivity index (χ0n) is 14.7. The van der Waals surface area contributed by atoms with Gasteiger partial charge in [0.15, 0.2) is 5.11 Å². The summed E-state index contributed by atoms with van der Waals surface area (Å²) in [4.78, 5) is 4.03. The second kappa shape index (κ2) is 8.88. The molecule has 0 aliphatic carbocycles. The van der Waals surface area contributed by atoms with Gasteiger partial charge in [-0.15, -0.1) is 0 Å². The van der Waals surface area contributed by atoms with Crippen molar-refractivity contribution < 1.29 is 8.78 Å². The van der Waals surface area contributed by atoms with Crippen molar-refractivity contribution in [3.05, 3.63) is 65.2 Å². The van der Waals surface area contributed by atoms with Gasteiger partial charge in [-0.1, -0.05) is 30.3 Å². The third kappa shape index (κ3) is 5.21. The Kier molecular flexibility index (Phi) is 6.31. The van der Waals surface area contributed by atoms with E-state index >= 15 is 0 Å². The van der Waals surface area contributed by atoms with Crippen molar-refractivity contribution in [1.82, 2.24) is 10.3 Å². The minimum Gasteiger partial charge on any atom is -0.375 e. The van der Waals surface area contributed by atoms with Crippen LogP contribution in [-0.2, 0) is 6.54 Å². The number of benzene rings is 2. The van der Waals surface area contributed by atoms with Crippen LogP contribution in [0.25, 0.3) is 0 Å². The maximum absolute atomic E-state index is 14.5. The molecule has 0 saturated carbocycles. The third-order valence-electron chi connectivity index (χ3n) is 4.37. The first-order chi connectivity index (χ1) is 13.0. The molecular weight excluding hydrogens is 368 g/mol. The SMILES string of the molecule is NC(=S)N/N=C/c1cc(F)c(N2CCN(Cc3ccccc3)CC2)c(F)c1. The first kappa shape index (κ1) is 19.2. The molecule has 1 fully saturated rings. The first-order valence-electron chi connectivity index (χ1n) is 8.61. The lowest BCUT2D eigenvalue weighted by molar-refractivity contribution is 0.248. The molecule has 1 saturated heterocycles. The number of hydrogen-bond acceptors (Lipinski definition) is 4. The lowest BCUT2D eigenvalue weighted by atomic mass is 10.1. The standard InChI is InChI=1S/C19H21F2N5S/c20-16-10-15(12-23-24-19(22)27)11-17(21)18(16)26-8-6-25(7-9-26)13-14-4-2-1-3-5-14/h1-5,10-12H,6-9,13H2,(H3,22,24,27)/b23-12+. The van der Waals surface area contributed by atoms with Crippen molar-refractivity contribution in [3.63, 3.8) is 0 Å². The van der Waals surface area contributed by atoms with Gasteiger partial charge in [-0.2, -0.15) is 5.10 Å². The number of hydrazone groups is 1. The fraction of sp³-hybridized carbons (Fsp3) is 0.263. The molecule has 0 unspecified atom stereocenters. The molecule has 8 heteroatoms. The molecule has 0 aromatic heterocycles. The fourth-order valence-electron chi connectivity index (χ4n) is 3.10. The number of nitrogens with zero attached hydrogens (tertiary/aromatic N) is 3. The lowest BCUT2D eigenvalue weighted by Gasteiger charge is -2.36. The summed E-state index contributed by atoms with van der Waals surface area (Å²) in [6, 6.07) is 12.7. The Morgan fingerprint density at radius 2 is 1.74 bits per heavy atom. The molecule has 0 spiro atoms. The summed E-state index contributed by atoms with van der Waals surface area (Å²) in [6.45, 7) is 3.46. The average Bonchev–Trinajstić information content (AvgIpc) is 2.63. The van der Waals surface area contributed by atoms with E-state index in [1.807, 2.05) is 18.2 Å². The van der Waals surface area contributed by atoms with Crippen LogP contribution in [0.1, 0.15) is 11.1 Å². The fourth-order valence-corrected chi connectivity index (χ4v) is 3.16. The molecule has 27 heavy (non-hydrogen) atoms. The van der Waals surface area contributed by atoms with Crippen molar-refractivity contribution in [2.45, 2.75) is 6.54 Å². The van der Waals surface area contributed by atoms with Crippen LogP contribution in [0.15, 0.2) is 47.6 Å². The summed E-state index contributed by atoms with van der Waals surface area (Å²) < 4.78 is 29.0. The summed E-state index contributed by atoms with van der Waals surface area (Å²) >= 11 is 4.61. The number of halogens is 2. The van der Waals surface area contributed by atoms with Crippen molar-refractivity contribution >= 4 is 29.2 Å². The molecule has 2 aromatic rings. The van der Waals surface area contributed by atoms with Gasteiger partial charge in [0.2, 0.25) is 0 Å². The summed E-state index contributed by atoms with van der Waals surface area (Å²) in [7, 11) is 0.